The summed E-state index contributed by atoms with van der Waals surface area (Å²) in [5.41, 5.74) is -0.194. The lowest BCUT2D eigenvalue weighted by molar-refractivity contribution is 0.0722. The van der Waals surface area contributed by atoms with Crippen LogP contribution in [0.4, 0.5) is 0 Å². The Balaban J connectivity index is 3.49. The van der Waals surface area contributed by atoms with E-state index in [1.165, 1.54) is 11.8 Å². The fourth-order valence-electron chi connectivity index (χ4n) is 1.66. The molecule has 0 saturated heterocycles. The summed E-state index contributed by atoms with van der Waals surface area (Å²) in [6.45, 7) is 3.48. The molecule has 1 aromatic carbocycles. The van der Waals surface area contributed by atoms with Crippen LogP contribution in [0.2, 0.25) is 0 Å². The third-order valence-corrected chi connectivity index (χ3v) is 3.15. The van der Waals surface area contributed by atoms with E-state index in [1.54, 1.807) is 28.1 Å². The topological polar surface area (TPSA) is 38.7 Å². The molecular formula is C12H18O3S. The Morgan fingerprint density at radius 2 is 1.62 bits per heavy atom. The van der Waals surface area contributed by atoms with Crippen LogP contribution in [0.1, 0.15) is 19.4 Å². The molecule has 0 radical (unpaired) electrons. The van der Waals surface area contributed by atoms with Gasteiger partial charge in [0.1, 0.15) is 11.5 Å². The molecule has 0 saturated carbocycles. The van der Waals surface area contributed by atoms with Crippen molar-refractivity contribution in [2.24, 2.45) is 0 Å². The molecule has 0 aromatic heterocycles. The van der Waals surface area contributed by atoms with E-state index >= 15 is 0 Å². The quantitative estimate of drug-likeness (QED) is 0.824. The van der Waals surface area contributed by atoms with Crippen molar-refractivity contribution in [3.8, 4) is 11.5 Å². The molecule has 0 atom stereocenters. The maximum Gasteiger partial charge on any atom is 0.133 e. The Kier molecular flexibility index (Phi) is 4.10. The van der Waals surface area contributed by atoms with Gasteiger partial charge in [0.15, 0.2) is 0 Å². The number of rotatable bonds is 4. The summed E-state index contributed by atoms with van der Waals surface area (Å²) in [4.78, 5) is 0.911. The molecule has 4 heteroatoms. The van der Waals surface area contributed by atoms with Crippen LogP contribution in [-0.2, 0) is 5.60 Å². The lowest BCUT2D eigenvalue weighted by Gasteiger charge is -2.24. The van der Waals surface area contributed by atoms with E-state index < -0.39 is 5.60 Å². The van der Waals surface area contributed by atoms with E-state index in [9.17, 15) is 5.11 Å². The summed E-state index contributed by atoms with van der Waals surface area (Å²) in [6, 6.07) is 3.66. The summed E-state index contributed by atoms with van der Waals surface area (Å²) in [5.74, 6) is 1.43. The molecule has 1 rings (SSSR count). The number of benzene rings is 1. The Morgan fingerprint density at radius 1 is 1.12 bits per heavy atom. The van der Waals surface area contributed by atoms with E-state index in [0.717, 1.165) is 16.2 Å². The van der Waals surface area contributed by atoms with Crippen LogP contribution in [0.5, 0.6) is 11.5 Å². The average molecular weight is 242 g/mol. The van der Waals surface area contributed by atoms with Gasteiger partial charge in [0, 0.05) is 5.56 Å². The third-order valence-electron chi connectivity index (χ3n) is 2.34. The van der Waals surface area contributed by atoms with Crippen molar-refractivity contribution in [2.45, 2.75) is 24.3 Å². The normalized spacial score (nSPS) is 11.4. The van der Waals surface area contributed by atoms with Gasteiger partial charge in [-0.15, -0.1) is 11.8 Å². The molecule has 0 heterocycles. The second kappa shape index (κ2) is 4.97. The first-order chi connectivity index (χ1) is 7.45. The van der Waals surface area contributed by atoms with Crippen LogP contribution < -0.4 is 9.47 Å². The molecule has 3 nitrogen and oxygen atoms in total. The Morgan fingerprint density at radius 3 is 2.00 bits per heavy atom. The lowest BCUT2D eigenvalue weighted by Crippen LogP contribution is -2.18. The van der Waals surface area contributed by atoms with Gasteiger partial charge < -0.3 is 14.6 Å². The monoisotopic (exact) mass is 242 g/mol. The lowest BCUT2D eigenvalue weighted by atomic mass is 9.97. The van der Waals surface area contributed by atoms with Crippen LogP contribution in [0.25, 0.3) is 0 Å². The fourth-order valence-corrected chi connectivity index (χ4v) is 2.57. The standard InChI is InChI=1S/C12H18O3S/c1-12(2,13)10-8(14-3)6-7-9(15-4)11(10)16-5/h6-7,13H,1-5H3. The summed E-state index contributed by atoms with van der Waals surface area (Å²) in [7, 11) is 3.22. The highest BCUT2D eigenvalue weighted by Crippen LogP contribution is 2.42. The van der Waals surface area contributed by atoms with E-state index in [2.05, 4.69) is 0 Å². The zero-order chi connectivity index (χ0) is 12.3. The van der Waals surface area contributed by atoms with Crippen LogP contribution in [0, 0.1) is 0 Å². The predicted octanol–water partition coefficient (Wildman–Crippen LogP) is 2.65. The molecule has 0 aliphatic carbocycles. The maximum absolute atomic E-state index is 10.2. The molecule has 90 valence electrons. The van der Waals surface area contributed by atoms with Crippen LogP contribution in [0.3, 0.4) is 0 Å². The zero-order valence-corrected chi connectivity index (χ0v) is 11.1. The number of methoxy groups -OCH3 is 2. The second-order valence-electron chi connectivity index (χ2n) is 3.94. The SMILES string of the molecule is COc1ccc(OC)c(C(C)(C)O)c1SC. The minimum atomic E-state index is -0.960. The first-order valence-electron chi connectivity index (χ1n) is 4.97. The molecule has 1 aromatic rings. The summed E-state index contributed by atoms with van der Waals surface area (Å²) >= 11 is 1.54. The van der Waals surface area contributed by atoms with E-state index in [0.29, 0.717) is 5.75 Å². The minimum absolute atomic E-state index is 0.678. The van der Waals surface area contributed by atoms with Gasteiger partial charge in [0.2, 0.25) is 0 Å². The van der Waals surface area contributed by atoms with Crippen molar-refractivity contribution in [1.29, 1.82) is 0 Å². The molecule has 0 aliphatic rings. The fraction of sp³-hybridized carbons (Fsp3) is 0.500. The molecule has 0 unspecified atom stereocenters. The van der Waals surface area contributed by atoms with Crippen molar-refractivity contribution >= 4 is 11.8 Å². The number of ether oxygens (including phenoxy) is 2. The molecular weight excluding hydrogens is 224 g/mol. The van der Waals surface area contributed by atoms with E-state index in [4.69, 9.17) is 9.47 Å². The predicted molar refractivity (Wildman–Crippen MR) is 66.6 cm³/mol. The largest absolute Gasteiger partial charge is 0.496 e. The van der Waals surface area contributed by atoms with Crippen molar-refractivity contribution in [3.05, 3.63) is 17.7 Å². The Labute approximate surface area is 101 Å². The highest BCUT2D eigenvalue weighted by Gasteiger charge is 2.26. The van der Waals surface area contributed by atoms with Crippen LogP contribution in [-0.4, -0.2) is 25.6 Å². The summed E-state index contributed by atoms with van der Waals surface area (Å²) < 4.78 is 10.6. The molecule has 0 amide bonds. The Hall–Kier alpha value is -0.870. The summed E-state index contributed by atoms with van der Waals surface area (Å²) in [6.07, 6.45) is 1.95. The van der Waals surface area contributed by atoms with Crippen molar-refractivity contribution < 1.29 is 14.6 Å². The van der Waals surface area contributed by atoms with Crippen LogP contribution in [0.15, 0.2) is 17.0 Å². The first-order valence-corrected chi connectivity index (χ1v) is 6.20. The molecule has 0 aliphatic heterocycles. The number of thioether (sulfide) groups is 1. The van der Waals surface area contributed by atoms with Crippen LogP contribution >= 0.6 is 11.8 Å². The highest BCUT2D eigenvalue weighted by molar-refractivity contribution is 7.98. The minimum Gasteiger partial charge on any atom is -0.496 e. The first kappa shape index (κ1) is 13.2. The van der Waals surface area contributed by atoms with Gasteiger partial charge >= 0.3 is 0 Å². The van der Waals surface area contributed by atoms with Gasteiger partial charge in [0.25, 0.3) is 0 Å². The summed E-state index contributed by atoms with van der Waals surface area (Å²) in [5, 5.41) is 10.2. The molecule has 0 fully saturated rings. The van der Waals surface area contributed by atoms with Gasteiger partial charge in [-0.05, 0) is 32.2 Å². The zero-order valence-electron chi connectivity index (χ0n) is 10.3. The van der Waals surface area contributed by atoms with Crippen molar-refractivity contribution in [1.82, 2.24) is 0 Å². The third kappa shape index (κ3) is 2.44. The van der Waals surface area contributed by atoms with E-state index in [-0.39, 0.29) is 0 Å². The van der Waals surface area contributed by atoms with Gasteiger partial charge in [-0.25, -0.2) is 0 Å². The van der Waals surface area contributed by atoms with E-state index in [1.807, 2.05) is 18.4 Å². The molecule has 1 N–H and O–H groups in total. The average Bonchev–Trinajstić information content (AvgIpc) is 2.25. The Bertz CT molecular complexity index is 369. The molecule has 0 bridgehead atoms. The van der Waals surface area contributed by atoms with Crippen molar-refractivity contribution in [2.75, 3.05) is 20.5 Å². The molecule has 0 spiro atoms. The highest BCUT2D eigenvalue weighted by atomic mass is 32.2. The number of hydrogen-bond acceptors (Lipinski definition) is 4. The van der Waals surface area contributed by atoms with Gasteiger partial charge in [-0.3, -0.25) is 0 Å². The van der Waals surface area contributed by atoms with Gasteiger partial charge in [-0.1, -0.05) is 0 Å². The van der Waals surface area contributed by atoms with Gasteiger partial charge in [-0.2, -0.15) is 0 Å². The second-order valence-corrected chi connectivity index (χ2v) is 4.75. The number of hydrogen-bond donors (Lipinski definition) is 1. The smallest absolute Gasteiger partial charge is 0.133 e. The van der Waals surface area contributed by atoms with Gasteiger partial charge in [0.05, 0.1) is 24.7 Å². The maximum atomic E-state index is 10.2. The molecule has 16 heavy (non-hydrogen) atoms. The van der Waals surface area contributed by atoms with Crippen molar-refractivity contribution in [3.63, 3.8) is 0 Å². The number of aliphatic hydroxyl groups is 1.